The van der Waals surface area contributed by atoms with Gasteiger partial charge in [-0.1, -0.05) is 48.5 Å². The van der Waals surface area contributed by atoms with Gasteiger partial charge in [0, 0.05) is 17.9 Å². The summed E-state index contributed by atoms with van der Waals surface area (Å²) in [7, 11) is 0. The van der Waals surface area contributed by atoms with E-state index in [9.17, 15) is 0 Å². The van der Waals surface area contributed by atoms with E-state index < -0.39 is 5.66 Å². The molecule has 0 amide bonds. The summed E-state index contributed by atoms with van der Waals surface area (Å²) in [6, 6.07) is 3.02. The Hall–Kier alpha value is -0.660. The largest absolute Gasteiger partial charge is 0.306 e. The van der Waals surface area contributed by atoms with Crippen molar-refractivity contribution in [3.8, 4) is 0 Å². The van der Waals surface area contributed by atoms with Crippen LogP contribution in [0.5, 0.6) is 0 Å². The Balaban J connectivity index is 2.30. The van der Waals surface area contributed by atoms with Crippen molar-refractivity contribution >= 4 is 6.01 Å². The van der Waals surface area contributed by atoms with Gasteiger partial charge in [0.25, 0.3) is 0 Å². The number of nitrogens with zero attached hydrogens (tertiary/aromatic N) is 2. The summed E-state index contributed by atoms with van der Waals surface area (Å²) in [4.78, 5) is 9.26. The van der Waals surface area contributed by atoms with Crippen LogP contribution < -0.4 is 5.73 Å². The molecule has 2 atom stereocenters. The molecule has 0 aromatic carbocycles. The van der Waals surface area contributed by atoms with E-state index in [1.54, 1.807) is 0 Å². The Bertz CT molecular complexity index is 571. The van der Waals surface area contributed by atoms with E-state index in [1.807, 2.05) is 6.92 Å². The van der Waals surface area contributed by atoms with E-state index in [4.69, 9.17) is 10.7 Å². The van der Waals surface area contributed by atoms with Gasteiger partial charge in [-0.3, -0.25) is 0 Å². The molecule has 0 spiro atoms. The van der Waals surface area contributed by atoms with Crippen LogP contribution in [-0.2, 0) is 0 Å². The molecule has 0 radical (unpaired) electrons. The topological polar surface area (TPSA) is 50.7 Å². The van der Waals surface area contributed by atoms with Gasteiger partial charge in [0.15, 0.2) is 0 Å². The van der Waals surface area contributed by atoms with Crippen LogP contribution in [0.2, 0.25) is 0 Å². The van der Waals surface area contributed by atoms with Crippen LogP contribution >= 0.6 is 0 Å². The van der Waals surface area contributed by atoms with Crippen molar-refractivity contribution in [1.82, 2.24) is 0 Å². The van der Waals surface area contributed by atoms with Crippen molar-refractivity contribution in [3.05, 3.63) is 0 Å². The van der Waals surface area contributed by atoms with Crippen molar-refractivity contribution in [1.29, 1.82) is 0 Å². The van der Waals surface area contributed by atoms with Crippen LogP contribution in [-0.4, -0.2) is 18.2 Å². The molecule has 0 saturated heterocycles. The van der Waals surface area contributed by atoms with Crippen molar-refractivity contribution in [2.45, 2.75) is 112 Å². The fraction of sp³-hybridized carbons (Fsp3) is 0.962. The van der Waals surface area contributed by atoms with Crippen LogP contribution in [0.15, 0.2) is 9.98 Å². The smallest absolute Gasteiger partial charge is 0.127 e. The summed E-state index contributed by atoms with van der Waals surface area (Å²) in [5.74, 6) is 3.56. The Morgan fingerprint density at radius 1 is 0.897 bits per heavy atom. The first-order valence-corrected chi connectivity index (χ1v) is 12.4. The molecule has 2 aliphatic rings. The summed E-state index contributed by atoms with van der Waals surface area (Å²) < 4.78 is 0. The molecule has 0 heterocycles. The highest BCUT2D eigenvalue weighted by Gasteiger charge is 2.55. The Morgan fingerprint density at radius 2 is 1.34 bits per heavy atom. The van der Waals surface area contributed by atoms with E-state index in [1.165, 1.54) is 51.4 Å². The van der Waals surface area contributed by atoms with E-state index in [-0.39, 0.29) is 10.8 Å². The number of rotatable bonds is 7. The Labute approximate surface area is 181 Å². The number of nitrogens with two attached hydrogens (primary N) is 1. The molecule has 2 aliphatic carbocycles. The maximum absolute atomic E-state index is 7.33. The molecule has 3 nitrogen and oxygen atoms in total. The van der Waals surface area contributed by atoms with Crippen molar-refractivity contribution < 1.29 is 0 Å². The summed E-state index contributed by atoms with van der Waals surface area (Å²) in [6.07, 6.45) is 10.1. The van der Waals surface area contributed by atoms with Gasteiger partial charge in [0.1, 0.15) is 5.66 Å². The zero-order valence-electron chi connectivity index (χ0n) is 20.7. The van der Waals surface area contributed by atoms with Crippen molar-refractivity contribution in [2.75, 3.05) is 6.54 Å². The number of hydrogen-bond acceptors (Lipinski definition) is 3. The number of aliphatic imine (C=N–C) groups is 2. The van der Waals surface area contributed by atoms with Crippen LogP contribution in [0.1, 0.15) is 107 Å². The maximum atomic E-state index is 7.33. The molecule has 168 valence electrons. The maximum Gasteiger partial charge on any atom is 0.127 e. The quantitative estimate of drug-likeness (QED) is 0.450. The molecular weight excluding hydrogens is 354 g/mol. The molecule has 0 aromatic rings. The third-order valence-corrected chi connectivity index (χ3v) is 9.33. The third-order valence-electron chi connectivity index (χ3n) is 9.33. The van der Waals surface area contributed by atoms with Crippen molar-refractivity contribution in [3.63, 3.8) is 0 Å². The molecule has 2 unspecified atom stereocenters. The zero-order valence-corrected chi connectivity index (χ0v) is 20.7. The Morgan fingerprint density at radius 3 is 1.76 bits per heavy atom. The van der Waals surface area contributed by atoms with Crippen LogP contribution in [0, 0.1) is 40.4 Å². The van der Waals surface area contributed by atoms with Gasteiger partial charge < -0.3 is 5.73 Å². The van der Waals surface area contributed by atoms with Gasteiger partial charge in [-0.2, -0.15) is 0 Å². The molecule has 2 saturated carbocycles. The molecule has 0 aromatic heterocycles. The molecule has 0 bridgehead atoms. The molecule has 2 rings (SSSR count). The van der Waals surface area contributed by atoms with Gasteiger partial charge >= 0.3 is 0 Å². The summed E-state index contributed by atoms with van der Waals surface area (Å²) in [5, 5.41) is 0. The van der Waals surface area contributed by atoms with Gasteiger partial charge in [-0.05, 0) is 87.4 Å². The summed E-state index contributed by atoms with van der Waals surface area (Å²) in [5.41, 5.74) is 7.01. The average Bonchev–Trinajstić information content (AvgIpc) is 2.68. The lowest BCUT2D eigenvalue weighted by atomic mass is 9.53. The molecule has 0 aliphatic heterocycles. The highest BCUT2D eigenvalue weighted by molar-refractivity contribution is 5.43. The van der Waals surface area contributed by atoms with Gasteiger partial charge in [-0.15, -0.1) is 0 Å². The van der Waals surface area contributed by atoms with E-state index in [0.29, 0.717) is 12.5 Å². The monoisotopic (exact) mass is 403 g/mol. The third kappa shape index (κ3) is 5.16. The normalized spacial score (nSPS) is 36.4. The lowest BCUT2D eigenvalue weighted by Crippen LogP contribution is -2.62. The van der Waals surface area contributed by atoms with Crippen LogP contribution in [0.4, 0.5) is 0 Å². The van der Waals surface area contributed by atoms with Crippen molar-refractivity contribution in [2.24, 2.45) is 56.1 Å². The standard InChI is InChI=1S/C26H49N3/c1-9-28-18-29-26(27,25(8)16-12-23(13-17-25)20(4)5)21(6)24(7)14-10-22(11-15-24)19(2)3/h19-23H,9-17,27H2,1-8H3. The SMILES string of the molecule is CCN=C=NC(N)(C(C)C1(C)CCC(C(C)C)CC1)C1(C)CCC(C(C)C)CC1. The minimum atomic E-state index is -0.590. The summed E-state index contributed by atoms with van der Waals surface area (Å²) >= 11 is 0. The Kier molecular flexibility index (Phi) is 8.19. The average molecular weight is 404 g/mol. The first kappa shape index (κ1) is 24.6. The van der Waals surface area contributed by atoms with Gasteiger partial charge in [0.2, 0.25) is 0 Å². The second-order valence-corrected chi connectivity index (χ2v) is 11.6. The molecule has 29 heavy (non-hydrogen) atoms. The molecule has 3 heteroatoms. The first-order valence-electron chi connectivity index (χ1n) is 12.4. The van der Waals surface area contributed by atoms with Gasteiger partial charge in [0.05, 0.1) is 6.01 Å². The number of hydrogen-bond donors (Lipinski definition) is 1. The zero-order chi connectivity index (χ0) is 21.9. The molecule has 2 fully saturated rings. The summed E-state index contributed by atoms with van der Waals surface area (Å²) in [6.45, 7) is 19.5. The van der Waals surface area contributed by atoms with Gasteiger partial charge in [-0.25, -0.2) is 9.98 Å². The van der Waals surface area contributed by atoms with E-state index in [0.717, 1.165) is 23.7 Å². The second-order valence-electron chi connectivity index (χ2n) is 11.6. The minimum Gasteiger partial charge on any atom is -0.306 e. The lowest BCUT2D eigenvalue weighted by Gasteiger charge is -2.55. The van der Waals surface area contributed by atoms with E-state index >= 15 is 0 Å². The fourth-order valence-corrected chi connectivity index (χ4v) is 6.22. The minimum absolute atomic E-state index is 0.0198. The predicted octanol–water partition coefficient (Wildman–Crippen LogP) is 7.18. The fourth-order valence-electron chi connectivity index (χ4n) is 6.22. The second kappa shape index (κ2) is 9.65. The molecule has 2 N–H and O–H groups in total. The predicted molar refractivity (Wildman–Crippen MR) is 126 cm³/mol. The van der Waals surface area contributed by atoms with Crippen LogP contribution in [0.3, 0.4) is 0 Å². The highest BCUT2D eigenvalue weighted by atomic mass is 15.1. The van der Waals surface area contributed by atoms with E-state index in [2.05, 4.69) is 59.5 Å². The lowest BCUT2D eigenvalue weighted by molar-refractivity contribution is -0.0380. The highest BCUT2D eigenvalue weighted by Crippen LogP contribution is 2.56. The molecular formula is C26H49N3. The first-order chi connectivity index (χ1) is 13.5. The van der Waals surface area contributed by atoms with Crippen LogP contribution in [0.25, 0.3) is 0 Å².